The lowest BCUT2D eigenvalue weighted by atomic mass is 10.1. The lowest BCUT2D eigenvalue weighted by molar-refractivity contribution is -0.139. The SMILES string of the molecule is C=CCOC(=O)Nc1nc([C@H]2[C@@H](C(=O)O)C2(C)C)cs1. The molecule has 1 aromatic rings. The van der Waals surface area contributed by atoms with E-state index in [9.17, 15) is 9.59 Å². The van der Waals surface area contributed by atoms with Crippen LogP contribution >= 0.6 is 11.3 Å². The zero-order valence-corrected chi connectivity index (χ0v) is 12.1. The molecular formula is C13H16N2O4S. The maximum absolute atomic E-state index is 11.4. The molecule has 20 heavy (non-hydrogen) atoms. The van der Waals surface area contributed by atoms with Gasteiger partial charge in [0.25, 0.3) is 0 Å². The zero-order chi connectivity index (χ0) is 14.9. The summed E-state index contributed by atoms with van der Waals surface area (Å²) in [6.07, 6.45) is 0.868. The van der Waals surface area contributed by atoms with E-state index in [1.807, 2.05) is 13.8 Å². The molecule has 0 bridgehead atoms. The normalized spacial score (nSPS) is 22.9. The number of anilines is 1. The van der Waals surface area contributed by atoms with Crippen molar-refractivity contribution < 1.29 is 19.4 Å². The summed E-state index contributed by atoms with van der Waals surface area (Å²) in [5.74, 6) is -1.35. The number of rotatable bonds is 5. The number of carbonyl (C=O) groups excluding carboxylic acids is 1. The quantitative estimate of drug-likeness (QED) is 0.815. The Morgan fingerprint density at radius 2 is 2.35 bits per heavy atom. The molecule has 0 saturated heterocycles. The summed E-state index contributed by atoms with van der Waals surface area (Å²) in [5.41, 5.74) is 0.395. The van der Waals surface area contributed by atoms with Crippen LogP contribution in [0, 0.1) is 11.3 Å². The summed E-state index contributed by atoms with van der Waals surface area (Å²) >= 11 is 1.25. The first-order valence-electron chi connectivity index (χ1n) is 6.10. The summed E-state index contributed by atoms with van der Waals surface area (Å²) in [6.45, 7) is 7.38. The molecule has 7 heteroatoms. The second-order valence-electron chi connectivity index (χ2n) is 5.20. The van der Waals surface area contributed by atoms with E-state index >= 15 is 0 Å². The molecule has 2 N–H and O–H groups in total. The Bertz CT molecular complexity index is 552. The number of amides is 1. The number of carboxylic acids is 1. The Morgan fingerprint density at radius 1 is 1.65 bits per heavy atom. The molecule has 0 unspecified atom stereocenters. The summed E-state index contributed by atoms with van der Waals surface area (Å²) in [4.78, 5) is 26.8. The fourth-order valence-corrected chi connectivity index (χ4v) is 3.13. The van der Waals surface area contributed by atoms with Gasteiger partial charge in [0.2, 0.25) is 0 Å². The largest absolute Gasteiger partial charge is 0.481 e. The molecule has 108 valence electrons. The fourth-order valence-electron chi connectivity index (χ4n) is 2.40. The number of carbonyl (C=O) groups is 2. The van der Waals surface area contributed by atoms with Crippen LogP contribution in [0.3, 0.4) is 0 Å². The van der Waals surface area contributed by atoms with E-state index in [4.69, 9.17) is 9.84 Å². The van der Waals surface area contributed by atoms with E-state index in [1.54, 1.807) is 5.38 Å². The third kappa shape index (κ3) is 2.67. The molecule has 1 saturated carbocycles. The molecule has 1 aliphatic rings. The van der Waals surface area contributed by atoms with Crippen molar-refractivity contribution in [2.24, 2.45) is 11.3 Å². The summed E-state index contributed by atoms with van der Waals surface area (Å²) in [6, 6.07) is 0. The predicted octanol–water partition coefficient (Wildman–Crippen LogP) is 2.70. The maximum Gasteiger partial charge on any atom is 0.413 e. The Kier molecular flexibility index (Phi) is 3.80. The van der Waals surface area contributed by atoms with Crippen LogP contribution in [0.25, 0.3) is 0 Å². The second kappa shape index (κ2) is 5.24. The smallest absolute Gasteiger partial charge is 0.413 e. The lowest BCUT2D eigenvalue weighted by Gasteiger charge is -2.01. The average Bonchev–Trinajstić information content (AvgIpc) is 2.70. The highest BCUT2D eigenvalue weighted by molar-refractivity contribution is 7.13. The highest BCUT2D eigenvalue weighted by Crippen LogP contribution is 2.64. The van der Waals surface area contributed by atoms with Gasteiger partial charge in [0.1, 0.15) is 6.61 Å². The van der Waals surface area contributed by atoms with Crippen LogP contribution in [-0.4, -0.2) is 28.8 Å². The third-order valence-electron chi connectivity index (χ3n) is 3.48. The third-order valence-corrected chi connectivity index (χ3v) is 4.25. The number of nitrogens with zero attached hydrogens (tertiary/aromatic N) is 1. The van der Waals surface area contributed by atoms with E-state index in [-0.39, 0.29) is 17.9 Å². The van der Waals surface area contributed by atoms with Gasteiger partial charge in [-0.05, 0) is 5.41 Å². The monoisotopic (exact) mass is 296 g/mol. The number of nitrogens with one attached hydrogen (secondary N) is 1. The Labute approximate surface area is 120 Å². The minimum Gasteiger partial charge on any atom is -0.481 e. The number of hydrogen-bond acceptors (Lipinski definition) is 5. The van der Waals surface area contributed by atoms with Crippen LogP contribution in [0.2, 0.25) is 0 Å². The first-order valence-corrected chi connectivity index (χ1v) is 6.98. The number of aromatic nitrogens is 1. The van der Waals surface area contributed by atoms with Crippen molar-refractivity contribution in [3.8, 4) is 0 Å². The van der Waals surface area contributed by atoms with Crippen molar-refractivity contribution in [3.63, 3.8) is 0 Å². The van der Waals surface area contributed by atoms with E-state index < -0.39 is 18.0 Å². The highest BCUT2D eigenvalue weighted by Gasteiger charge is 2.63. The summed E-state index contributed by atoms with van der Waals surface area (Å²) < 4.78 is 4.79. The van der Waals surface area contributed by atoms with Gasteiger partial charge < -0.3 is 9.84 Å². The van der Waals surface area contributed by atoms with Gasteiger partial charge in [0, 0.05) is 11.3 Å². The number of aliphatic carboxylic acids is 1. The van der Waals surface area contributed by atoms with Crippen LogP contribution in [0.15, 0.2) is 18.0 Å². The standard InChI is InChI=1S/C13H16N2O4S/c1-4-5-19-12(18)15-11-14-7(6-20-11)8-9(10(16)17)13(8,2)3/h4,6,8-9H,1,5H2,2-3H3,(H,16,17)(H,14,15,18)/t8-,9-/m0/s1. The van der Waals surface area contributed by atoms with Crippen molar-refractivity contribution in [2.45, 2.75) is 19.8 Å². The Balaban J connectivity index is 2.02. The average molecular weight is 296 g/mol. The molecule has 0 radical (unpaired) electrons. The Morgan fingerprint density at radius 3 is 2.90 bits per heavy atom. The zero-order valence-electron chi connectivity index (χ0n) is 11.3. The second-order valence-corrected chi connectivity index (χ2v) is 6.06. The number of thiazole rings is 1. The molecule has 1 heterocycles. The molecule has 0 aromatic carbocycles. The van der Waals surface area contributed by atoms with E-state index in [0.717, 1.165) is 0 Å². The molecule has 2 rings (SSSR count). The van der Waals surface area contributed by atoms with Gasteiger partial charge in [-0.1, -0.05) is 26.5 Å². The van der Waals surface area contributed by atoms with Crippen LogP contribution in [0.5, 0.6) is 0 Å². The van der Waals surface area contributed by atoms with Crippen LogP contribution in [0.1, 0.15) is 25.5 Å². The molecule has 0 aliphatic heterocycles. The molecule has 1 fully saturated rings. The molecule has 2 atom stereocenters. The van der Waals surface area contributed by atoms with E-state index in [1.165, 1.54) is 17.4 Å². The van der Waals surface area contributed by atoms with Gasteiger partial charge in [-0.3, -0.25) is 10.1 Å². The van der Waals surface area contributed by atoms with Gasteiger partial charge in [0.15, 0.2) is 5.13 Å². The minimum absolute atomic E-state index is 0.115. The van der Waals surface area contributed by atoms with Crippen LogP contribution in [0.4, 0.5) is 9.93 Å². The minimum atomic E-state index is -0.812. The van der Waals surface area contributed by atoms with Crippen LogP contribution < -0.4 is 5.32 Å². The number of hydrogen-bond donors (Lipinski definition) is 2. The summed E-state index contributed by atoms with van der Waals surface area (Å²) in [7, 11) is 0. The van der Waals surface area contributed by atoms with Crippen molar-refractivity contribution in [1.82, 2.24) is 4.98 Å². The van der Waals surface area contributed by atoms with Crippen molar-refractivity contribution in [2.75, 3.05) is 11.9 Å². The van der Waals surface area contributed by atoms with Crippen molar-refractivity contribution in [1.29, 1.82) is 0 Å². The van der Waals surface area contributed by atoms with E-state index in [0.29, 0.717) is 10.8 Å². The highest BCUT2D eigenvalue weighted by atomic mass is 32.1. The molecule has 0 spiro atoms. The number of carboxylic acid groups (broad SMARTS) is 1. The van der Waals surface area contributed by atoms with Gasteiger partial charge in [-0.25, -0.2) is 9.78 Å². The van der Waals surface area contributed by atoms with Gasteiger partial charge in [-0.2, -0.15) is 0 Å². The fraction of sp³-hybridized carbons (Fsp3) is 0.462. The van der Waals surface area contributed by atoms with E-state index in [2.05, 4.69) is 16.9 Å². The molecule has 1 amide bonds. The van der Waals surface area contributed by atoms with Crippen molar-refractivity contribution in [3.05, 3.63) is 23.7 Å². The first-order chi connectivity index (χ1) is 9.37. The predicted molar refractivity (Wildman–Crippen MR) is 74.9 cm³/mol. The van der Waals surface area contributed by atoms with Gasteiger partial charge in [0.05, 0.1) is 11.6 Å². The maximum atomic E-state index is 11.4. The first kappa shape index (κ1) is 14.5. The topological polar surface area (TPSA) is 88.5 Å². The Hall–Kier alpha value is -1.89. The molecule has 1 aliphatic carbocycles. The summed E-state index contributed by atoms with van der Waals surface area (Å²) in [5, 5.41) is 13.8. The lowest BCUT2D eigenvalue weighted by Crippen LogP contribution is -2.13. The van der Waals surface area contributed by atoms with Crippen LogP contribution in [-0.2, 0) is 9.53 Å². The molecular weight excluding hydrogens is 280 g/mol. The molecule has 6 nitrogen and oxygen atoms in total. The number of ether oxygens (including phenoxy) is 1. The van der Waals surface area contributed by atoms with Gasteiger partial charge in [-0.15, -0.1) is 11.3 Å². The van der Waals surface area contributed by atoms with Crippen molar-refractivity contribution >= 4 is 28.5 Å². The van der Waals surface area contributed by atoms with Gasteiger partial charge >= 0.3 is 12.1 Å². The molecule has 1 aromatic heterocycles.